The van der Waals surface area contributed by atoms with Crippen molar-refractivity contribution in [3.05, 3.63) is 47.2 Å². The number of aryl methyl sites for hydroxylation is 1. The molecule has 1 aromatic heterocycles. The van der Waals surface area contributed by atoms with E-state index < -0.39 is 0 Å². The first-order chi connectivity index (χ1) is 10.2. The summed E-state index contributed by atoms with van der Waals surface area (Å²) in [6, 6.07) is 6.78. The first-order valence-corrected chi connectivity index (χ1v) is 8.11. The average molecular weight is 305 g/mol. The van der Waals surface area contributed by atoms with E-state index in [-0.39, 0.29) is 5.82 Å². The highest BCUT2D eigenvalue weighted by Crippen LogP contribution is 2.25. The van der Waals surface area contributed by atoms with Crippen LogP contribution in [0, 0.1) is 12.7 Å². The highest BCUT2D eigenvalue weighted by molar-refractivity contribution is 7.98. The molecule has 0 saturated carbocycles. The summed E-state index contributed by atoms with van der Waals surface area (Å²) >= 11 is 1.42. The summed E-state index contributed by atoms with van der Waals surface area (Å²) in [4.78, 5) is 9.74. The second-order valence-electron chi connectivity index (χ2n) is 4.66. The number of anilines is 1. The quantitative estimate of drug-likeness (QED) is 0.811. The van der Waals surface area contributed by atoms with Crippen LogP contribution in [0.25, 0.3) is 0 Å². The van der Waals surface area contributed by atoms with Gasteiger partial charge in [-0.15, -0.1) is 11.8 Å². The number of rotatable bonds is 6. The topological polar surface area (TPSA) is 37.8 Å². The Hall–Kier alpha value is -1.62. The molecule has 0 saturated heterocycles. The van der Waals surface area contributed by atoms with Gasteiger partial charge in [-0.25, -0.2) is 14.4 Å². The summed E-state index contributed by atoms with van der Waals surface area (Å²) in [6.07, 6.45) is 0.898. The van der Waals surface area contributed by atoms with E-state index in [4.69, 9.17) is 0 Å². The molecule has 0 atom stereocenters. The van der Waals surface area contributed by atoms with Crippen LogP contribution >= 0.6 is 11.8 Å². The molecule has 5 heteroatoms. The zero-order valence-corrected chi connectivity index (χ0v) is 13.4. The molecule has 2 rings (SSSR count). The van der Waals surface area contributed by atoms with E-state index >= 15 is 0 Å². The van der Waals surface area contributed by atoms with Crippen molar-refractivity contribution in [1.82, 2.24) is 9.97 Å². The van der Waals surface area contributed by atoms with Gasteiger partial charge in [-0.3, -0.25) is 0 Å². The molecular formula is C16H20FN3S. The van der Waals surface area contributed by atoms with E-state index in [1.807, 2.05) is 19.9 Å². The molecule has 1 heterocycles. The number of thioether (sulfide) groups is 1. The molecule has 0 amide bonds. The predicted octanol–water partition coefficient (Wildman–Crippen LogP) is 4.21. The third kappa shape index (κ3) is 3.94. The van der Waals surface area contributed by atoms with Crippen LogP contribution in [0.3, 0.4) is 0 Å². The van der Waals surface area contributed by atoms with E-state index in [0.717, 1.165) is 35.9 Å². The van der Waals surface area contributed by atoms with E-state index in [9.17, 15) is 4.39 Å². The molecule has 0 spiro atoms. The molecule has 0 unspecified atom stereocenters. The fourth-order valence-electron chi connectivity index (χ4n) is 2.16. The van der Waals surface area contributed by atoms with Crippen molar-refractivity contribution in [2.45, 2.75) is 37.8 Å². The van der Waals surface area contributed by atoms with Crippen LogP contribution in [0.4, 0.5) is 10.2 Å². The Labute approximate surface area is 129 Å². The van der Waals surface area contributed by atoms with Crippen molar-refractivity contribution in [2.24, 2.45) is 0 Å². The molecule has 0 aliphatic carbocycles. The maximum Gasteiger partial charge on any atom is 0.141 e. The molecule has 2 aromatic rings. The van der Waals surface area contributed by atoms with E-state index in [2.05, 4.69) is 22.2 Å². The lowest BCUT2D eigenvalue weighted by Gasteiger charge is -2.12. The Morgan fingerprint density at radius 2 is 1.95 bits per heavy atom. The molecule has 1 aromatic carbocycles. The monoisotopic (exact) mass is 305 g/mol. The lowest BCUT2D eigenvalue weighted by Crippen LogP contribution is -2.09. The van der Waals surface area contributed by atoms with Gasteiger partial charge in [-0.05, 0) is 32.4 Å². The second-order valence-corrected chi connectivity index (χ2v) is 5.67. The van der Waals surface area contributed by atoms with Crippen molar-refractivity contribution in [3.63, 3.8) is 0 Å². The fourth-order valence-corrected chi connectivity index (χ4v) is 2.95. The Bertz CT molecular complexity index is 616. The van der Waals surface area contributed by atoms with Gasteiger partial charge >= 0.3 is 0 Å². The first kappa shape index (κ1) is 15.8. The molecule has 0 bridgehead atoms. The molecule has 0 aliphatic rings. The van der Waals surface area contributed by atoms with Gasteiger partial charge in [0.15, 0.2) is 0 Å². The van der Waals surface area contributed by atoms with Crippen LogP contribution in [0.15, 0.2) is 29.2 Å². The number of nitrogens with zero attached hydrogens (tertiary/aromatic N) is 2. The third-order valence-corrected chi connectivity index (χ3v) is 4.20. The van der Waals surface area contributed by atoms with Crippen LogP contribution in [-0.2, 0) is 12.2 Å². The zero-order chi connectivity index (χ0) is 15.2. The van der Waals surface area contributed by atoms with Crippen LogP contribution in [-0.4, -0.2) is 16.5 Å². The minimum Gasteiger partial charge on any atom is -0.370 e. The van der Waals surface area contributed by atoms with Crippen LogP contribution in [0.1, 0.15) is 30.9 Å². The van der Waals surface area contributed by atoms with Gasteiger partial charge < -0.3 is 5.32 Å². The highest BCUT2D eigenvalue weighted by Gasteiger charge is 2.10. The van der Waals surface area contributed by atoms with Crippen molar-refractivity contribution in [2.75, 3.05) is 11.9 Å². The number of aromatic nitrogens is 2. The predicted molar refractivity (Wildman–Crippen MR) is 86.3 cm³/mol. The van der Waals surface area contributed by atoms with Crippen molar-refractivity contribution >= 4 is 17.6 Å². The zero-order valence-electron chi connectivity index (χ0n) is 12.6. The van der Waals surface area contributed by atoms with E-state index in [1.54, 1.807) is 12.1 Å². The number of nitrogens with one attached hydrogen (secondary N) is 1. The normalized spacial score (nSPS) is 10.7. The highest BCUT2D eigenvalue weighted by atomic mass is 32.2. The minimum atomic E-state index is -0.198. The standard InChI is InChI=1S/C16H20FN3S/c1-4-12-11(3)19-15(20-16(12)18-5-2)10-21-14-9-7-6-8-13(14)17/h6-9H,4-5,10H2,1-3H3,(H,18,19,20). The van der Waals surface area contributed by atoms with Crippen molar-refractivity contribution in [3.8, 4) is 0 Å². The van der Waals surface area contributed by atoms with Crippen molar-refractivity contribution in [1.29, 1.82) is 0 Å². The first-order valence-electron chi connectivity index (χ1n) is 7.13. The van der Waals surface area contributed by atoms with E-state index in [1.165, 1.54) is 17.8 Å². The van der Waals surface area contributed by atoms with Gasteiger partial charge in [0.05, 0.1) is 5.75 Å². The van der Waals surface area contributed by atoms with Gasteiger partial charge in [0.25, 0.3) is 0 Å². The number of benzene rings is 1. The minimum absolute atomic E-state index is 0.198. The number of halogens is 1. The summed E-state index contributed by atoms with van der Waals surface area (Å²) in [5, 5.41) is 3.28. The summed E-state index contributed by atoms with van der Waals surface area (Å²) in [5.74, 6) is 1.99. The Balaban J connectivity index is 2.19. The maximum atomic E-state index is 13.6. The third-order valence-electron chi connectivity index (χ3n) is 3.15. The lowest BCUT2D eigenvalue weighted by molar-refractivity contribution is 0.602. The molecule has 21 heavy (non-hydrogen) atoms. The van der Waals surface area contributed by atoms with Gasteiger partial charge in [-0.2, -0.15) is 0 Å². The summed E-state index contributed by atoms with van der Waals surface area (Å²) in [6.45, 7) is 6.97. The fraction of sp³-hybridized carbons (Fsp3) is 0.375. The summed E-state index contributed by atoms with van der Waals surface area (Å²) < 4.78 is 13.6. The van der Waals surface area contributed by atoms with Crippen LogP contribution in [0.5, 0.6) is 0 Å². The van der Waals surface area contributed by atoms with Gasteiger partial charge in [0.1, 0.15) is 17.5 Å². The average Bonchev–Trinajstić information content (AvgIpc) is 2.47. The van der Waals surface area contributed by atoms with Crippen LogP contribution in [0.2, 0.25) is 0 Å². The molecule has 1 N–H and O–H groups in total. The second kappa shape index (κ2) is 7.41. The molecule has 112 valence electrons. The smallest absolute Gasteiger partial charge is 0.141 e. The summed E-state index contributed by atoms with van der Waals surface area (Å²) in [5.41, 5.74) is 2.14. The molecule has 0 radical (unpaired) electrons. The van der Waals surface area contributed by atoms with E-state index in [0.29, 0.717) is 10.6 Å². The molecule has 0 fully saturated rings. The lowest BCUT2D eigenvalue weighted by atomic mass is 10.1. The molecular weight excluding hydrogens is 285 g/mol. The van der Waals surface area contributed by atoms with Gasteiger partial charge in [0, 0.05) is 22.7 Å². The Morgan fingerprint density at radius 1 is 1.19 bits per heavy atom. The van der Waals surface area contributed by atoms with Gasteiger partial charge in [-0.1, -0.05) is 19.1 Å². The molecule has 0 aliphatic heterocycles. The SMILES string of the molecule is CCNc1nc(CSc2ccccc2F)nc(C)c1CC. The van der Waals surface area contributed by atoms with Crippen LogP contribution < -0.4 is 5.32 Å². The number of hydrogen-bond acceptors (Lipinski definition) is 4. The Morgan fingerprint density at radius 3 is 2.62 bits per heavy atom. The Kier molecular flexibility index (Phi) is 5.56. The van der Waals surface area contributed by atoms with Crippen molar-refractivity contribution < 1.29 is 4.39 Å². The number of hydrogen-bond donors (Lipinski definition) is 1. The maximum absolute atomic E-state index is 13.6. The molecule has 3 nitrogen and oxygen atoms in total. The summed E-state index contributed by atoms with van der Waals surface area (Å²) in [7, 11) is 0. The van der Waals surface area contributed by atoms with Gasteiger partial charge in [0.2, 0.25) is 0 Å². The largest absolute Gasteiger partial charge is 0.370 e.